The molecule has 108 valence electrons. The third kappa shape index (κ3) is 3.10. The second-order valence-corrected chi connectivity index (χ2v) is 5.97. The Hall–Kier alpha value is -2.04. The average Bonchev–Trinajstić information content (AvgIpc) is 2.66. The van der Waals surface area contributed by atoms with Crippen molar-refractivity contribution in [1.29, 1.82) is 0 Å². The number of carboxylic acids is 1. The maximum atomic E-state index is 11.9. The summed E-state index contributed by atoms with van der Waals surface area (Å²) in [4.78, 5) is 23.2. The lowest BCUT2D eigenvalue weighted by Gasteiger charge is -2.23. The molecule has 0 fully saturated rings. The van der Waals surface area contributed by atoms with Gasteiger partial charge in [-0.1, -0.05) is 24.3 Å². The lowest BCUT2D eigenvalue weighted by molar-refractivity contribution is -0.142. The van der Waals surface area contributed by atoms with Gasteiger partial charge in [0, 0.05) is 0 Å². The molecule has 1 amide bonds. The van der Waals surface area contributed by atoms with Crippen molar-refractivity contribution in [3.05, 3.63) is 35.4 Å². The van der Waals surface area contributed by atoms with Crippen LogP contribution in [0.3, 0.4) is 0 Å². The van der Waals surface area contributed by atoms with Gasteiger partial charge in [0.15, 0.2) is 0 Å². The molecule has 20 heavy (non-hydrogen) atoms. The summed E-state index contributed by atoms with van der Waals surface area (Å²) in [5.41, 5.74) is 1.20. The first-order valence-electron chi connectivity index (χ1n) is 6.58. The van der Waals surface area contributed by atoms with Gasteiger partial charge in [-0.3, -0.25) is 4.79 Å². The van der Waals surface area contributed by atoms with E-state index in [-0.39, 0.29) is 0 Å². The van der Waals surface area contributed by atoms with Crippen LogP contribution in [0, 0.1) is 5.92 Å². The number of rotatable bonds is 2. The first kappa shape index (κ1) is 14.4. The summed E-state index contributed by atoms with van der Waals surface area (Å²) < 4.78 is 5.20. The third-order valence-electron chi connectivity index (χ3n) is 3.22. The second kappa shape index (κ2) is 5.15. The van der Waals surface area contributed by atoms with Crippen LogP contribution >= 0.6 is 0 Å². The molecule has 1 aliphatic rings. The number of hydrogen-bond acceptors (Lipinski definition) is 3. The number of amides is 1. The molecule has 0 spiro atoms. The summed E-state index contributed by atoms with van der Waals surface area (Å²) in [6, 6.07) is 6.90. The minimum atomic E-state index is -0.915. The molecule has 0 unspecified atom stereocenters. The highest BCUT2D eigenvalue weighted by molar-refractivity contribution is 5.76. The predicted molar refractivity (Wildman–Crippen MR) is 73.4 cm³/mol. The van der Waals surface area contributed by atoms with Crippen molar-refractivity contribution < 1.29 is 19.4 Å². The topological polar surface area (TPSA) is 75.6 Å². The summed E-state index contributed by atoms with van der Waals surface area (Å²) >= 11 is 0. The smallest absolute Gasteiger partial charge is 0.408 e. The summed E-state index contributed by atoms with van der Waals surface area (Å²) in [7, 11) is 0. The molecule has 1 aromatic rings. The van der Waals surface area contributed by atoms with Gasteiger partial charge in [0.1, 0.15) is 5.60 Å². The van der Waals surface area contributed by atoms with E-state index in [0.717, 1.165) is 11.1 Å². The number of fused-ring (bicyclic) bond motifs is 1. The normalized spacial score (nSPS) is 21.1. The molecule has 5 heteroatoms. The number of benzene rings is 1. The standard InChI is InChI=1S/C15H19NO4/c1-15(2,3)20-14(19)16-12-10-7-5-4-6-9(10)8-11(12)13(17)18/h4-7,11-12H,8H2,1-3H3,(H,16,19)(H,17,18)/t11-,12+/m1/s1. The highest BCUT2D eigenvalue weighted by atomic mass is 16.6. The molecular weight excluding hydrogens is 258 g/mol. The maximum Gasteiger partial charge on any atom is 0.408 e. The van der Waals surface area contributed by atoms with Gasteiger partial charge >= 0.3 is 12.1 Å². The first-order valence-corrected chi connectivity index (χ1v) is 6.58. The molecule has 2 atom stereocenters. The number of carbonyl (C=O) groups is 2. The van der Waals surface area contributed by atoms with E-state index in [1.807, 2.05) is 24.3 Å². The van der Waals surface area contributed by atoms with E-state index in [0.29, 0.717) is 6.42 Å². The Morgan fingerprint density at radius 2 is 1.95 bits per heavy atom. The molecule has 0 aliphatic heterocycles. The zero-order valence-corrected chi connectivity index (χ0v) is 11.8. The molecule has 5 nitrogen and oxygen atoms in total. The number of aliphatic carboxylic acids is 1. The van der Waals surface area contributed by atoms with Crippen LogP contribution in [-0.2, 0) is 16.0 Å². The average molecular weight is 277 g/mol. The zero-order valence-electron chi connectivity index (χ0n) is 11.8. The van der Waals surface area contributed by atoms with Crippen LogP contribution in [0.1, 0.15) is 37.9 Å². The molecule has 0 aromatic heterocycles. The number of ether oxygens (including phenoxy) is 1. The van der Waals surface area contributed by atoms with Crippen LogP contribution in [0.25, 0.3) is 0 Å². The van der Waals surface area contributed by atoms with Gasteiger partial charge in [-0.25, -0.2) is 4.79 Å². The minimum Gasteiger partial charge on any atom is -0.481 e. The van der Waals surface area contributed by atoms with E-state index < -0.39 is 29.6 Å². The molecule has 2 rings (SSSR count). The Morgan fingerprint density at radius 3 is 2.55 bits per heavy atom. The van der Waals surface area contributed by atoms with Gasteiger partial charge in [0.25, 0.3) is 0 Å². The predicted octanol–water partition coefficient (Wildman–Crippen LogP) is 2.51. The minimum absolute atomic E-state index is 0.423. The molecule has 0 bridgehead atoms. The molecule has 1 aromatic carbocycles. The van der Waals surface area contributed by atoms with Crippen LogP contribution in [0.5, 0.6) is 0 Å². The fraction of sp³-hybridized carbons (Fsp3) is 0.467. The zero-order chi connectivity index (χ0) is 14.9. The SMILES string of the molecule is CC(C)(C)OC(=O)N[C@H]1c2ccccc2C[C@H]1C(=O)O. The van der Waals surface area contributed by atoms with Crippen LogP contribution in [0.4, 0.5) is 4.79 Å². The molecule has 0 saturated heterocycles. The Bertz CT molecular complexity index is 533. The van der Waals surface area contributed by atoms with Gasteiger partial charge in [-0.05, 0) is 38.3 Å². The Labute approximate surface area is 117 Å². The van der Waals surface area contributed by atoms with E-state index in [4.69, 9.17) is 4.74 Å². The van der Waals surface area contributed by atoms with Crippen LogP contribution in [-0.4, -0.2) is 22.8 Å². The molecule has 1 aliphatic carbocycles. The molecular formula is C15H19NO4. The lowest BCUT2D eigenvalue weighted by atomic mass is 10.0. The van der Waals surface area contributed by atoms with E-state index in [9.17, 15) is 14.7 Å². The van der Waals surface area contributed by atoms with Gasteiger partial charge in [-0.15, -0.1) is 0 Å². The van der Waals surface area contributed by atoms with E-state index in [1.54, 1.807) is 20.8 Å². The number of nitrogens with one attached hydrogen (secondary N) is 1. The molecule has 0 heterocycles. The molecule has 2 N–H and O–H groups in total. The monoisotopic (exact) mass is 277 g/mol. The molecule has 0 saturated carbocycles. The highest BCUT2D eigenvalue weighted by Gasteiger charge is 2.38. The second-order valence-electron chi connectivity index (χ2n) is 5.97. The van der Waals surface area contributed by atoms with Gasteiger partial charge < -0.3 is 15.2 Å². The fourth-order valence-electron chi connectivity index (χ4n) is 2.44. The molecule has 0 radical (unpaired) electrons. The van der Waals surface area contributed by atoms with Crippen molar-refractivity contribution in [2.75, 3.05) is 0 Å². The summed E-state index contributed by atoms with van der Waals surface area (Å²) in [5, 5.41) is 12.0. The Kier molecular flexibility index (Phi) is 3.70. The third-order valence-corrected chi connectivity index (χ3v) is 3.22. The largest absolute Gasteiger partial charge is 0.481 e. The number of hydrogen-bond donors (Lipinski definition) is 2. The van der Waals surface area contributed by atoms with Gasteiger partial charge in [0.2, 0.25) is 0 Å². The van der Waals surface area contributed by atoms with E-state index in [2.05, 4.69) is 5.32 Å². The van der Waals surface area contributed by atoms with Crippen molar-refractivity contribution in [1.82, 2.24) is 5.32 Å². The van der Waals surface area contributed by atoms with Crippen LogP contribution < -0.4 is 5.32 Å². The first-order chi connectivity index (χ1) is 9.28. The number of carboxylic acid groups (broad SMARTS) is 1. The maximum absolute atomic E-state index is 11.9. The van der Waals surface area contributed by atoms with E-state index >= 15 is 0 Å². The van der Waals surface area contributed by atoms with Crippen molar-refractivity contribution in [2.45, 2.75) is 38.8 Å². The Morgan fingerprint density at radius 1 is 1.30 bits per heavy atom. The summed E-state index contributed by atoms with van der Waals surface area (Å²) in [6.45, 7) is 5.30. The van der Waals surface area contributed by atoms with E-state index in [1.165, 1.54) is 0 Å². The van der Waals surface area contributed by atoms with Crippen molar-refractivity contribution >= 4 is 12.1 Å². The summed E-state index contributed by atoms with van der Waals surface area (Å²) in [5.74, 6) is -1.57. The Balaban J connectivity index is 2.19. The summed E-state index contributed by atoms with van der Waals surface area (Å²) in [6.07, 6.45) is -0.170. The highest BCUT2D eigenvalue weighted by Crippen LogP contribution is 2.36. The number of carbonyl (C=O) groups excluding carboxylic acids is 1. The van der Waals surface area contributed by atoms with Crippen molar-refractivity contribution in [3.63, 3.8) is 0 Å². The quantitative estimate of drug-likeness (QED) is 0.871. The fourth-order valence-corrected chi connectivity index (χ4v) is 2.44. The van der Waals surface area contributed by atoms with Gasteiger partial charge in [0.05, 0.1) is 12.0 Å². The van der Waals surface area contributed by atoms with Crippen LogP contribution in [0.15, 0.2) is 24.3 Å². The van der Waals surface area contributed by atoms with Gasteiger partial charge in [-0.2, -0.15) is 0 Å². The lowest BCUT2D eigenvalue weighted by Crippen LogP contribution is -2.38. The van der Waals surface area contributed by atoms with Crippen molar-refractivity contribution in [3.8, 4) is 0 Å². The van der Waals surface area contributed by atoms with Crippen molar-refractivity contribution in [2.24, 2.45) is 5.92 Å². The number of alkyl carbamates (subject to hydrolysis) is 1. The van der Waals surface area contributed by atoms with Crippen LogP contribution in [0.2, 0.25) is 0 Å².